The second-order valence-electron chi connectivity index (χ2n) is 8.14. The minimum atomic E-state index is -0.921. The van der Waals surface area contributed by atoms with E-state index in [1.165, 1.54) is 24.3 Å². The molecule has 2 amide bonds. The summed E-state index contributed by atoms with van der Waals surface area (Å²) in [6.45, 7) is -0.678. The fraction of sp³-hybridized carbons (Fsp3) is 0.304. The molecule has 7 nitrogen and oxygen atoms in total. The van der Waals surface area contributed by atoms with Crippen LogP contribution in [0.15, 0.2) is 47.7 Å². The Morgan fingerprint density at radius 2 is 1.62 bits per heavy atom. The van der Waals surface area contributed by atoms with E-state index >= 15 is 0 Å². The average molecular weight is 513 g/mol. The standard InChI is InChI=1S/C23H20Cl2F2N2O5/c24-15-3-1-14(6-18(15)27)33-10-21(31)28-19-7-20(30)23(8-12(19)9-23)29-22(32)11-34-13-2-4-17(26)16(25)5-13/h1-6,20,30H,7-11H2,(H,28,31)(H,29,32)/t20-/m0/s1. The molecule has 2 bridgehead atoms. The first-order valence-electron chi connectivity index (χ1n) is 10.3. The van der Waals surface area contributed by atoms with Gasteiger partial charge in [0.05, 0.1) is 21.7 Å². The van der Waals surface area contributed by atoms with Crippen molar-refractivity contribution in [2.24, 2.45) is 0 Å². The van der Waals surface area contributed by atoms with Gasteiger partial charge in [-0.3, -0.25) is 9.59 Å². The Bertz CT molecular complexity index is 1170. The van der Waals surface area contributed by atoms with Crippen molar-refractivity contribution < 1.29 is 33.0 Å². The summed E-state index contributed by atoms with van der Waals surface area (Å²) in [4.78, 5) is 24.6. The first kappa shape index (κ1) is 24.3. The van der Waals surface area contributed by atoms with Crippen LogP contribution in [-0.2, 0) is 9.59 Å². The van der Waals surface area contributed by atoms with Gasteiger partial charge in [-0.05, 0) is 42.7 Å². The summed E-state index contributed by atoms with van der Waals surface area (Å²) >= 11 is 11.3. The van der Waals surface area contributed by atoms with Crippen LogP contribution in [0, 0.1) is 11.6 Å². The van der Waals surface area contributed by atoms with Gasteiger partial charge in [0.1, 0.15) is 23.1 Å². The van der Waals surface area contributed by atoms with Crippen molar-refractivity contribution >= 4 is 35.0 Å². The molecule has 0 aliphatic heterocycles. The smallest absolute Gasteiger partial charge is 0.262 e. The van der Waals surface area contributed by atoms with E-state index in [1.807, 2.05) is 0 Å². The van der Waals surface area contributed by atoms with E-state index in [0.717, 1.165) is 17.7 Å². The number of carbonyl (C=O) groups excluding carboxylic acids is 2. The molecule has 34 heavy (non-hydrogen) atoms. The van der Waals surface area contributed by atoms with Gasteiger partial charge in [0, 0.05) is 24.3 Å². The van der Waals surface area contributed by atoms with Gasteiger partial charge < -0.3 is 25.2 Å². The quantitative estimate of drug-likeness (QED) is 0.502. The molecule has 3 N–H and O–H groups in total. The van der Waals surface area contributed by atoms with Crippen LogP contribution >= 0.6 is 23.2 Å². The van der Waals surface area contributed by atoms with E-state index in [4.69, 9.17) is 32.7 Å². The van der Waals surface area contributed by atoms with E-state index in [0.29, 0.717) is 18.5 Å². The molecule has 0 aromatic heterocycles. The number of halogens is 4. The Kier molecular flexibility index (Phi) is 6.97. The normalized spacial score (nSPS) is 20.9. The number of nitrogens with one attached hydrogen (secondary N) is 2. The third-order valence-corrected chi connectivity index (χ3v) is 6.32. The Hall–Kier alpha value is -2.88. The molecule has 5 rings (SSSR count). The third-order valence-electron chi connectivity index (χ3n) is 5.72. The van der Waals surface area contributed by atoms with Crippen LogP contribution in [0.3, 0.4) is 0 Å². The van der Waals surface area contributed by atoms with Gasteiger partial charge in [-0.15, -0.1) is 0 Å². The predicted molar refractivity (Wildman–Crippen MR) is 120 cm³/mol. The molecule has 0 spiro atoms. The molecule has 0 unspecified atom stereocenters. The molecular weight excluding hydrogens is 493 g/mol. The molecule has 3 aliphatic rings. The number of aliphatic hydroxyl groups is 1. The van der Waals surface area contributed by atoms with Gasteiger partial charge in [-0.2, -0.15) is 0 Å². The summed E-state index contributed by atoms with van der Waals surface area (Å²) in [5.41, 5.74) is 0.654. The molecule has 11 heteroatoms. The fourth-order valence-electron chi connectivity index (χ4n) is 3.95. The van der Waals surface area contributed by atoms with Crippen molar-refractivity contribution in [1.29, 1.82) is 0 Å². The Morgan fingerprint density at radius 1 is 0.971 bits per heavy atom. The number of rotatable bonds is 8. The lowest BCUT2D eigenvalue weighted by atomic mass is 9.62. The number of carbonyl (C=O) groups is 2. The first-order chi connectivity index (χ1) is 16.1. The van der Waals surface area contributed by atoms with Crippen molar-refractivity contribution in [3.63, 3.8) is 0 Å². The molecule has 180 valence electrons. The topological polar surface area (TPSA) is 96.9 Å². The van der Waals surface area contributed by atoms with Gasteiger partial charge in [0.15, 0.2) is 13.2 Å². The van der Waals surface area contributed by atoms with Crippen LogP contribution in [0.1, 0.15) is 19.3 Å². The lowest BCUT2D eigenvalue weighted by Gasteiger charge is -2.52. The molecule has 2 aromatic carbocycles. The fourth-order valence-corrected chi connectivity index (χ4v) is 4.24. The molecule has 1 saturated carbocycles. The maximum Gasteiger partial charge on any atom is 0.262 e. The zero-order valence-electron chi connectivity index (χ0n) is 17.7. The molecule has 0 saturated heterocycles. The SMILES string of the molecule is O=C(COc1ccc(Cl)c(F)c1)NC1=C2CC(NC(=O)COc3ccc(F)c(Cl)c3)(C2)[C@@H](O)C1. The van der Waals surface area contributed by atoms with E-state index in [9.17, 15) is 23.5 Å². The molecule has 1 fully saturated rings. The largest absolute Gasteiger partial charge is 0.484 e. The molecule has 2 aromatic rings. The Morgan fingerprint density at radius 3 is 2.26 bits per heavy atom. The van der Waals surface area contributed by atoms with Crippen molar-refractivity contribution in [2.75, 3.05) is 13.2 Å². The predicted octanol–water partition coefficient (Wildman–Crippen LogP) is 3.51. The number of amides is 2. The van der Waals surface area contributed by atoms with Crippen LogP contribution in [-0.4, -0.2) is 41.8 Å². The highest BCUT2D eigenvalue weighted by molar-refractivity contribution is 6.31. The lowest BCUT2D eigenvalue weighted by molar-refractivity contribution is -0.129. The third kappa shape index (κ3) is 5.27. The van der Waals surface area contributed by atoms with Crippen LogP contribution in [0.5, 0.6) is 11.5 Å². The van der Waals surface area contributed by atoms with E-state index in [1.54, 1.807) is 0 Å². The van der Waals surface area contributed by atoms with Gasteiger partial charge in [0.2, 0.25) is 0 Å². The summed E-state index contributed by atoms with van der Waals surface area (Å²) in [7, 11) is 0. The molecule has 1 atom stereocenters. The van der Waals surface area contributed by atoms with Crippen molar-refractivity contribution in [2.45, 2.75) is 30.9 Å². The minimum absolute atomic E-state index is 0.0491. The number of aliphatic hydroxyl groups excluding tert-OH is 1. The maximum absolute atomic E-state index is 13.5. The van der Waals surface area contributed by atoms with E-state index in [-0.39, 0.29) is 41.2 Å². The maximum atomic E-state index is 13.5. The highest BCUT2D eigenvalue weighted by atomic mass is 35.5. The van der Waals surface area contributed by atoms with Gasteiger partial charge in [0.25, 0.3) is 11.8 Å². The van der Waals surface area contributed by atoms with Crippen LogP contribution in [0.4, 0.5) is 8.78 Å². The number of fused-ring (bicyclic) bond motifs is 2. The Balaban J connectivity index is 1.27. The molecular formula is C23H20Cl2F2N2O5. The van der Waals surface area contributed by atoms with E-state index < -0.39 is 35.1 Å². The highest BCUT2D eigenvalue weighted by Gasteiger charge is 2.52. The van der Waals surface area contributed by atoms with Crippen LogP contribution < -0.4 is 20.1 Å². The zero-order chi connectivity index (χ0) is 24.5. The summed E-state index contributed by atoms with van der Waals surface area (Å²) in [5.74, 6) is -1.75. The minimum Gasteiger partial charge on any atom is -0.484 e. The van der Waals surface area contributed by atoms with Crippen molar-refractivity contribution in [1.82, 2.24) is 10.6 Å². The molecule has 0 radical (unpaired) electrons. The molecule has 3 aliphatic carbocycles. The lowest BCUT2D eigenvalue weighted by Crippen LogP contribution is -2.65. The Labute approximate surface area is 203 Å². The summed E-state index contributed by atoms with van der Waals surface area (Å²) < 4.78 is 37.3. The van der Waals surface area contributed by atoms with Crippen LogP contribution in [0.25, 0.3) is 0 Å². The summed E-state index contributed by atoms with van der Waals surface area (Å²) in [6.07, 6.45) is -0.0241. The second kappa shape index (κ2) is 9.77. The van der Waals surface area contributed by atoms with Gasteiger partial charge in [-0.1, -0.05) is 23.2 Å². The van der Waals surface area contributed by atoms with Crippen molar-refractivity contribution in [3.8, 4) is 11.5 Å². The summed E-state index contributed by atoms with van der Waals surface area (Å²) in [5, 5.41) is 16.0. The zero-order valence-corrected chi connectivity index (χ0v) is 19.2. The average Bonchev–Trinajstić information content (AvgIpc) is 2.76. The summed E-state index contributed by atoms with van der Waals surface area (Å²) in [6, 6.07) is 7.62. The second-order valence-corrected chi connectivity index (χ2v) is 8.95. The van der Waals surface area contributed by atoms with Gasteiger partial charge >= 0.3 is 0 Å². The number of hydrogen-bond acceptors (Lipinski definition) is 5. The van der Waals surface area contributed by atoms with Crippen molar-refractivity contribution in [3.05, 3.63) is 69.3 Å². The van der Waals surface area contributed by atoms with Crippen LogP contribution in [0.2, 0.25) is 10.0 Å². The van der Waals surface area contributed by atoms with Gasteiger partial charge in [-0.25, -0.2) is 8.78 Å². The monoisotopic (exact) mass is 512 g/mol. The highest BCUT2D eigenvalue weighted by Crippen LogP contribution is 2.47. The number of benzene rings is 2. The molecule has 0 heterocycles. The number of ether oxygens (including phenoxy) is 2. The van der Waals surface area contributed by atoms with E-state index in [2.05, 4.69) is 10.6 Å². The first-order valence-corrected chi connectivity index (χ1v) is 11.1. The number of hydrogen-bond donors (Lipinski definition) is 3.